The van der Waals surface area contributed by atoms with Crippen molar-refractivity contribution >= 4 is 29.5 Å². The molecule has 122 valence electrons. The highest BCUT2D eigenvalue weighted by Crippen LogP contribution is 2.48. The van der Waals surface area contributed by atoms with E-state index in [-0.39, 0.29) is 28.7 Å². The molecular weight excluding hydrogens is 354 g/mol. The summed E-state index contributed by atoms with van der Waals surface area (Å²) in [5.74, 6) is -1.74. The minimum atomic E-state index is -4.75. The van der Waals surface area contributed by atoms with Crippen molar-refractivity contribution < 1.29 is 36.2 Å². The van der Waals surface area contributed by atoms with Gasteiger partial charge in [-0.05, 0) is 29.8 Å². The third-order valence-electron chi connectivity index (χ3n) is 2.85. The van der Waals surface area contributed by atoms with Gasteiger partial charge in [0.2, 0.25) is 0 Å². The Kier molecular flexibility index (Phi) is 4.63. The Bertz CT molecular complexity index is 573. The lowest BCUT2D eigenvalue weighted by Crippen LogP contribution is -2.33. The van der Waals surface area contributed by atoms with Crippen molar-refractivity contribution in [2.45, 2.75) is 28.6 Å². The van der Waals surface area contributed by atoms with Crippen LogP contribution in [0.5, 0.6) is 0 Å². The molecule has 0 spiro atoms. The highest BCUT2D eigenvalue weighted by Gasteiger charge is 2.48. The van der Waals surface area contributed by atoms with Crippen molar-refractivity contribution in [2.24, 2.45) is 0 Å². The number of alkyl halides is 6. The Hall–Kier alpha value is -1.03. The Balaban J connectivity index is 2.34. The van der Waals surface area contributed by atoms with Crippen molar-refractivity contribution in [3.63, 3.8) is 0 Å². The zero-order chi connectivity index (χ0) is 16.7. The largest absolute Gasteiger partial charge is 0.478 e. The standard InChI is InChI=1S/C12H8F6O2S2/c13-11(14,15)9-7(10(19)20)4-5-3-6(22-12(16,17)18)1-2-8(5)21-9/h2-4,6,9H,1H2,(H,19,20). The minimum absolute atomic E-state index is 0.0587. The second kappa shape index (κ2) is 5.88. The Morgan fingerprint density at radius 2 is 1.91 bits per heavy atom. The summed E-state index contributed by atoms with van der Waals surface area (Å²) in [4.78, 5) is 11.1. The van der Waals surface area contributed by atoms with Gasteiger partial charge in [-0.15, -0.1) is 11.8 Å². The van der Waals surface area contributed by atoms with E-state index in [2.05, 4.69) is 0 Å². The Morgan fingerprint density at radius 3 is 2.41 bits per heavy atom. The molecule has 0 saturated carbocycles. The molecule has 0 saturated heterocycles. The number of thioether (sulfide) groups is 2. The van der Waals surface area contributed by atoms with Gasteiger partial charge in [0.15, 0.2) is 0 Å². The normalized spacial score (nSPS) is 25.8. The first kappa shape index (κ1) is 17.3. The molecule has 2 aliphatic rings. The van der Waals surface area contributed by atoms with Crippen LogP contribution in [0.3, 0.4) is 0 Å². The summed E-state index contributed by atoms with van der Waals surface area (Å²) in [6.45, 7) is 0. The van der Waals surface area contributed by atoms with Gasteiger partial charge in [-0.2, -0.15) is 26.3 Å². The average molecular weight is 362 g/mol. The van der Waals surface area contributed by atoms with Crippen LogP contribution >= 0.6 is 23.5 Å². The lowest BCUT2D eigenvalue weighted by atomic mass is 10.0. The number of allylic oxidation sites excluding steroid dienone is 3. The zero-order valence-corrected chi connectivity index (χ0v) is 12.2. The van der Waals surface area contributed by atoms with Crippen molar-refractivity contribution in [1.82, 2.24) is 0 Å². The molecule has 0 aromatic rings. The van der Waals surface area contributed by atoms with Gasteiger partial charge in [0, 0.05) is 10.2 Å². The molecule has 2 atom stereocenters. The summed E-state index contributed by atoms with van der Waals surface area (Å²) in [6.07, 6.45) is -1.55. The van der Waals surface area contributed by atoms with E-state index in [4.69, 9.17) is 5.11 Å². The topological polar surface area (TPSA) is 37.3 Å². The van der Waals surface area contributed by atoms with Crippen LogP contribution in [0, 0.1) is 0 Å². The first-order valence-corrected chi connectivity index (χ1v) is 7.58. The Labute approximate surface area is 129 Å². The molecule has 0 bridgehead atoms. The fourth-order valence-electron chi connectivity index (χ4n) is 2.03. The summed E-state index contributed by atoms with van der Waals surface area (Å²) in [7, 11) is 0. The number of carboxylic acid groups (broad SMARTS) is 1. The van der Waals surface area contributed by atoms with Crippen LogP contribution in [0.25, 0.3) is 0 Å². The molecule has 22 heavy (non-hydrogen) atoms. The van der Waals surface area contributed by atoms with E-state index in [0.29, 0.717) is 11.8 Å². The van der Waals surface area contributed by atoms with E-state index in [1.54, 1.807) is 0 Å². The molecule has 1 aliphatic carbocycles. The van der Waals surface area contributed by atoms with Crippen LogP contribution < -0.4 is 0 Å². The van der Waals surface area contributed by atoms with Crippen LogP contribution in [0.15, 0.2) is 34.3 Å². The second-order valence-electron chi connectivity index (χ2n) is 4.47. The van der Waals surface area contributed by atoms with Crippen molar-refractivity contribution in [2.75, 3.05) is 0 Å². The smallest absolute Gasteiger partial charge is 0.442 e. The van der Waals surface area contributed by atoms with Crippen molar-refractivity contribution in [3.8, 4) is 0 Å². The summed E-state index contributed by atoms with van der Waals surface area (Å²) in [5, 5.41) is 5.70. The van der Waals surface area contributed by atoms with Gasteiger partial charge >= 0.3 is 17.7 Å². The molecule has 1 aliphatic heterocycles. The second-order valence-corrected chi connectivity index (χ2v) is 6.92. The molecule has 0 radical (unpaired) electrons. The third kappa shape index (κ3) is 4.03. The zero-order valence-electron chi connectivity index (χ0n) is 10.5. The summed E-state index contributed by atoms with van der Waals surface area (Å²) >= 11 is 0.0273. The van der Waals surface area contributed by atoms with E-state index in [9.17, 15) is 31.1 Å². The molecule has 0 fully saturated rings. The van der Waals surface area contributed by atoms with Crippen LogP contribution in [0.1, 0.15) is 6.42 Å². The lowest BCUT2D eigenvalue weighted by Gasteiger charge is -2.29. The first-order valence-electron chi connectivity index (χ1n) is 5.82. The fraction of sp³-hybridized carbons (Fsp3) is 0.417. The third-order valence-corrected chi connectivity index (χ3v) is 5.16. The highest BCUT2D eigenvalue weighted by atomic mass is 32.2. The monoisotopic (exact) mass is 362 g/mol. The van der Waals surface area contributed by atoms with Gasteiger partial charge in [0.05, 0.1) is 5.57 Å². The fourth-order valence-corrected chi connectivity index (χ4v) is 3.92. The maximum atomic E-state index is 12.9. The van der Waals surface area contributed by atoms with E-state index < -0.39 is 33.7 Å². The van der Waals surface area contributed by atoms with E-state index in [0.717, 1.165) is 12.2 Å². The van der Waals surface area contributed by atoms with Gasteiger partial charge in [-0.25, -0.2) is 4.79 Å². The minimum Gasteiger partial charge on any atom is -0.478 e. The number of hydrogen-bond donors (Lipinski definition) is 1. The Morgan fingerprint density at radius 1 is 1.27 bits per heavy atom. The number of rotatable bonds is 2. The molecule has 0 aromatic heterocycles. The summed E-state index contributed by atoms with van der Waals surface area (Å²) in [6, 6.07) is 0. The molecule has 1 heterocycles. The maximum absolute atomic E-state index is 12.9. The maximum Gasteiger partial charge on any atom is 0.442 e. The predicted molar refractivity (Wildman–Crippen MR) is 71.4 cm³/mol. The molecule has 2 nitrogen and oxygen atoms in total. The van der Waals surface area contributed by atoms with Gasteiger partial charge < -0.3 is 5.11 Å². The summed E-state index contributed by atoms with van der Waals surface area (Å²) in [5.41, 5.74) is -5.25. The molecule has 1 N–H and O–H groups in total. The highest BCUT2D eigenvalue weighted by molar-refractivity contribution is 8.04. The van der Waals surface area contributed by atoms with E-state index in [1.807, 2.05) is 0 Å². The van der Waals surface area contributed by atoms with Gasteiger partial charge in [0.1, 0.15) is 5.25 Å². The van der Waals surface area contributed by atoms with Crippen molar-refractivity contribution in [3.05, 3.63) is 34.3 Å². The van der Waals surface area contributed by atoms with Gasteiger partial charge in [0.25, 0.3) is 0 Å². The molecule has 0 aromatic carbocycles. The van der Waals surface area contributed by atoms with Crippen LogP contribution in [0.4, 0.5) is 26.3 Å². The number of carboxylic acids is 1. The van der Waals surface area contributed by atoms with Gasteiger partial charge in [-0.3, -0.25) is 0 Å². The number of carbonyl (C=O) groups is 1. The van der Waals surface area contributed by atoms with Crippen LogP contribution in [-0.4, -0.2) is 33.3 Å². The molecule has 0 amide bonds. The number of halogens is 6. The van der Waals surface area contributed by atoms with E-state index >= 15 is 0 Å². The number of hydrogen-bond acceptors (Lipinski definition) is 3. The predicted octanol–water partition coefficient (Wildman–Crippen LogP) is 4.51. The molecule has 2 unspecified atom stereocenters. The quantitative estimate of drug-likeness (QED) is 0.734. The SMILES string of the molecule is O=C(O)C1=CC2=CC(SC(F)(F)F)CC=C2SC1C(F)(F)F. The van der Waals surface area contributed by atoms with Crippen LogP contribution in [-0.2, 0) is 4.79 Å². The van der Waals surface area contributed by atoms with E-state index in [1.165, 1.54) is 6.08 Å². The first-order chi connectivity index (χ1) is 9.97. The molecule has 10 heteroatoms. The van der Waals surface area contributed by atoms with Crippen molar-refractivity contribution in [1.29, 1.82) is 0 Å². The van der Waals surface area contributed by atoms with Crippen LogP contribution in [0.2, 0.25) is 0 Å². The average Bonchev–Trinajstić information content (AvgIpc) is 2.33. The number of aliphatic carboxylic acids is 1. The van der Waals surface area contributed by atoms with Gasteiger partial charge in [-0.1, -0.05) is 12.2 Å². The molecular formula is C12H8F6O2S2. The lowest BCUT2D eigenvalue weighted by molar-refractivity contribution is -0.140. The summed E-state index contributed by atoms with van der Waals surface area (Å²) < 4.78 is 75.7. The number of fused-ring (bicyclic) bond motifs is 1. The molecule has 2 rings (SSSR count).